The third-order valence-electron chi connectivity index (χ3n) is 3.97. The molecule has 1 saturated carbocycles. The van der Waals surface area contributed by atoms with E-state index in [1.165, 1.54) is 29.3 Å². The van der Waals surface area contributed by atoms with Gasteiger partial charge in [-0.15, -0.1) is 11.3 Å². The van der Waals surface area contributed by atoms with E-state index in [-0.39, 0.29) is 0 Å². The van der Waals surface area contributed by atoms with Crippen molar-refractivity contribution in [3.05, 3.63) is 16.1 Å². The van der Waals surface area contributed by atoms with Crippen molar-refractivity contribution in [2.75, 3.05) is 19.6 Å². The van der Waals surface area contributed by atoms with Gasteiger partial charge in [-0.2, -0.15) is 0 Å². The molecule has 2 atom stereocenters. The third kappa shape index (κ3) is 2.54. The van der Waals surface area contributed by atoms with Crippen LogP contribution in [0.2, 0.25) is 0 Å². The molecule has 3 nitrogen and oxygen atoms in total. The van der Waals surface area contributed by atoms with Gasteiger partial charge in [0.1, 0.15) is 5.01 Å². The molecule has 1 saturated heterocycles. The van der Waals surface area contributed by atoms with Crippen molar-refractivity contribution in [2.24, 2.45) is 5.92 Å². The van der Waals surface area contributed by atoms with E-state index in [4.69, 9.17) is 0 Å². The van der Waals surface area contributed by atoms with Crippen molar-refractivity contribution < 1.29 is 0 Å². The number of nitrogens with one attached hydrogen (secondary N) is 1. The summed E-state index contributed by atoms with van der Waals surface area (Å²) in [6.45, 7) is 7.93. The van der Waals surface area contributed by atoms with Gasteiger partial charge in [-0.05, 0) is 32.6 Å². The van der Waals surface area contributed by atoms with Gasteiger partial charge in [-0.25, -0.2) is 4.98 Å². The second kappa shape index (κ2) is 4.67. The van der Waals surface area contributed by atoms with E-state index in [1.807, 2.05) is 17.5 Å². The number of rotatable bonds is 3. The lowest BCUT2D eigenvalue weighted by atomic mass is 10.1. The largest absolute Gasteiger partial charge is 0.311 e. The lowest BCUT2D eigenvalue weighted by Crippen LogP contribution is -2.52. The van der Waals surface area contributed by atoms with Gasteiger partial charge >= 0.3 is 0 Å². The fourth-order valence-electron chi connectivity index (χ4n) is 2.69. The molecular weight excluding hydrogens is 230 g/mol. The molecule has 2 aliphatic rings. The third-order valence-corrected chi connectivity index (χ3v) is 5.06. The van der Waals surface area contributed by atoms with E-state index in [2.05, 4.69) is 29.0 Å². The minimum absolute atomic E-state index is 0.483. The van der Waals surface area contributed by atoms with Gasteiger partial charge in [0.15, 0.2) is 0 Å². The van der Waals surface area contributed by atoms with E-state index in [0.717, 1.165) is 25.0 Å². The predicted molar refractivity (Wildman–Crippen MR) is 71.4 cm³/mol. The number of hydrogen-bond acceptors (Lipinski definition) is 4. The molecule has 2 heterocycles. The smallest absolute Gasteiger partial charge is 0.110 e. The highest BCUT2D eigenvalue weighted by Crippen LogP contribution is 2.35. The summed E-state index contributed by atoms with van der Waals surface area (Å²) in [7, 11) is 0. The standard InChI is InChI=1S/C13H21N3S/c1-9-7-15-13(17-9)10(2)16-6-5-14-12(8-16)11-3-4-11/h7,10-12,14H,3-6,8H2,1-2H3. The van der Waals surface area contributed by atoms with Crippen LogP contribution in [0.5, 0.6) is 0 Å². The molecule has 1 aliphatic carbocycles. The summed E-state index contributed by atoms with van der Waals surface area (Å²) in [6, 6.07) is 1.21. The van der Waals surface area contributed by atoms with Crippen molar-refractivity contribution in [1.29, 1.82) is 0 Å². The van der Waals surface area contributed by atoms with Gasteiger partial charge in [-0.1, -0.05) is 0 Å². The highest BCUT2D eigenvalue weighted by Gasteiger charge is 2.35. The van der Waals surface area contributed by atoms with Crippen LogP contribution >= 0.6 is 11.3 Å². The highest BCUT2D eigenvalue weighted by atomic mass is 32.1. The molecule has 0 spiro atoms. The first-order valence-corrected chi connectivity index (χ1v) is 7.45. The Hall–Kier alpha value is -0.450. The maximum atomic E-state index is 4.53. The monoisotopic (exact) mass is 251 g/mol. The summed E-state index contributed by atoms with van der Waals surface area (Å²) in [5.41, 5.74) is 0. The van der Waals surface area contributed by atoms with E-state index in [1.54, 1.807) is 0 Å². The maximum Gasteiger partial charge on any atom is 0.110 e. The average Bonchev–Trinajstić information content (AvgIpc) is 3.11. The van der Waals surface area contributed by atoms with Crippen LogP contribution in [0.25, 0.3) is 0 Å². The normalized spacial score (nSPS) is 28.2. The molecule has 3 rings (SSSR count). The SMILES string of the molecule is Cc1cnc(C(C)N2CCNC(C3CC3)C2)s1. The van der Waals surface area contributed by atoms with Crippen LogP contribution in [-0.2, 0) is 0 Å². The summed E-state index contributed by atoms with van der Waals surface area (Å²) in [6.07, 6.45) is 4.85. The van der Waals surface area contributed by atoms with Crippen molar-refractivity contribution in [1.82, 2.24) is 15.2 Å². The number of thiazole rings is 1. The number of nitrogens with zero attached hydrogens (tertiary/aromatic N) is 2. The van der Waals surface area contributed by atoms with E-state index < -0.39 is 0 Å². The van der Waals surface area contributed by atoms with Gasteiger partial charge in [0.2, 0.25) is 0 Å². The number of aromatic nitrogens is 1. The summed E-state index contributed by atoms with van der Waals surface area (Å²) in [5, 5.41) is 4.94. The summed E-state index contributed by atoms with van der Waals surface area (Å²) < 4.78 is 0. The van der Waals surface area contributed by atoms with Crippen LogP contribution in [0.3, 0.4) is 0 Å². The number of hydrogen-bond donors (Lipinski definition) is 1. The van der Waals surface area contributed by atoms with Crippen LogP contribution in [0, 0.1) is 12.8 Å². The van der Waals surface area contributed by atoms with Gasteiger partial charge in [0, 0.05) is 36.8 Å². The second-order valence-electron chi connectivity index (χ2n) is 5.38. The topological polar surface area (TPSA) is 28.2 Å². The highest BCUT2D eigenvalue weighted by molar-refractivity contribution is 7.11. The Labute approximate surface area is 107 Å². The Balaban J connectivity index is 1.66. The fraction of sp³-hybridized carbons (Fsp3) is 0.769. The van der Waals surface area contributed by atoms with Crippen molar-refractivity contribution in [2.45, 2.75) is 38.8 Å². The van der Waals surface area contributed by atoms with Crippen LogP contribution in [0.1, 0.15) is 35.7 Å². The molecule has 2 unspecified atom stereocenters. The van der Waals surface area contributed by atoms with E-state index in [0.29, 0.717) is 6.04 Å². The molecule has 94 valence electrons. The molecule has 2 fully saturated rings. The molecule has 0 aromatic carbocycles. The zero-order valence-corrected chi connectivity index (χ0v) is 11.5. The Morgan fingerprint density at radius 2 is 2.35 bits per heavy atom. The zero-order valence-electron chi connectivity index (χ0n) is 10.6. The first-order valence-electron chi connectivity index (χ1n) is 6.64. The minimum atomic E-state index is 0.483. The van der Waals surface area contributed by atoms with Gasteiger partial charge in [0.05, 0.1) is 6.04 Å². The fourth-order valence-corrected chi connectivity index (χ4v) is 3.55. The number of piperazine rings is 1. The zero-order chi connectivity index (χ0) is 11.8. The van der Waals surface area contributed by atoms with E-state index >= 15 is 0 Å². The first kappa shape index (κ1) is 11.6. The molecular formula is C13H21N3S. The molecule has 1 aromatic rings. The molecule has 1 N–H and O–H groups in total. The quantitative estimate of drug-likeness (QED) is 0.892. The molecule has 0 bridgehead atoms. The molecule has 0 amide bonds. The molecule has 4 heteroatoms. The summed E-state index contributed by atoms with van der Waals surface area (Å²) in [4.78, 5) is 8.45. The first-order chi connectivity index (χ1) is 8.24. The Morgan fingerprint density at radius 3 is 3.00 bits per heavy atom. The Bertz CT molecular complexity index is 386. The van der Waals surface area contributed by atoms with Crippen molar-refractivity contribution in [3.63, 3.8) is 0 Å². The average molecular weight is 251 g/mol. The Morgan fingerprint density at radius 1 is 1.53 bits per heavy atom. The van der Waals surface area contributed by atoms with Crippen LogP contribution in [-0.4, -0.2) is 35.6 Å². The van der Waals surface area contributed by atoms with Crippen LogP contribution in [0.15, 0.2) is 6.20 Å². The van der Waals surface area contributed by atoms with E-state index in [9.17, 15) is 0 Å². The van der Waals surface area contributed by atoms with Crippen molar-refractivity contribution in [3.8, 4) is 0 Å². The second-order valence-corrected chi connectivity index (χ2v) is 6.64. The molecule has 0 radical (unpaired) electrons. The lowest BCUT2D eigenvalue weighted by Gasteiger charge is -2.37. The van der Waals surface area contributed by atoms with Crippen molar-refractivity contribution >= 4 is 11.3 Å². The van der Waals surface area contributed by atoms with Gasteiger partial charge in [0.25, 0.3) is 0 Å². The van der Waals surface area contributed by atoms with Crippen LogP contribution < -0.4 is 5.32 Å². The number of aryl methyl sites for hydroxylation is 1. The molecule has 1 aliphatic heterocycles. The van der Waals surface area contributed by atoms with Gasteiger partial charge in [-0.3, -0.25) is 4.90 Å². The lowest BCUT2D eigenvalue weighted by molar-refractivity contribution is 0.144. The molecule has 17 heavy (non-hydrogen) atoms. The summed E-state index contributed by atoms with van der Waals surface area (Å²) in [5.74, 6) is 0.947. The predicted octanol–water partition coefficient (Wildman–Crippen LogP) is 2.20. The Kier molecular flexibility index (Phi) is 3.19. The molecule has 1 aromatic heterocycles. The van der Waals surface area contributed by atoms with Gasteiger partial charge < -0.3 is 5.32 Å². The maximum absolute atomic E-state index is 4.53. The minimum Gasteiger partial charge on any atom is -0.311 e. The summed E-state index contributed by atoms with van der Waals surface area (Å²) >= 11 is 1.84. The van der Waals surface area contributed by atoms with Crippen LogP contribution in [0.4, 0.5) is 0 Å².